The Morgan fingerprint density at radius 2 is 0.817 bits per heavy atom. The number of benzene rings is 5. The van der Waals surface area contributed by atoms with Crippen LogP contribution in [-0.4, -0.2) is 166 Å². The van der Waals surface area contributed by atoms with E-state index in [4.69, 9.17) is 85.4 Å². The summed E-state index contributed by atoms with van der Waals surface area (Å²) in [5, 5.41) is 16.3. The molecule has 434 valence electrons. The largest absolute Gasteiger partial charge is 1.00 e. The van der Waals surface area contributed by atoms with E-state index in [2.05, 4.69) is 50.6 Å². The smallest absolute Gasteiger partial charge is 1.00 e. The monoisotopic (exact) mass is 1380 g/mol. The summed E-state index contributed by atoms with van der Waals surface area (Å²) in [5.74, 6) is -0.699. The van der Waals surface area contributed by atoms with Crippen LogP contribution in [0.3, 0.4) is 0 Å². The van der Waals surface area contributed by atoms with Crippen LogP contribution in [0.4, 0.5) is 17.1 Å². The number of hydrogen-bond donors (Lipinski definition) is 2. The Kier molecular flexibility index (Phi) is 36.3. The zero-order valence-electron chi connectivity index (χ0n) is 46.9. The molecule has 0 atom stereocenters. The summed E-state index contributed by atoms with van der Waals surface area (Å²) in [6.45, 7) is 15.1. The van der Waals surface area contributed by atoms with Crippen molar-refractivity contribution in [2.45, 2.75) is 19.3 Å². The summed E-state index contributed by atoms with van der Waals surface area (Å²) in [4.78, 5) is 74.0. The van der Waals surface area contributed by atoms with Gasteiger partial charge < -0.3 is 37.3 Å². The number of anilines is 3. The van der Waals surface area contributed by atoms with E-state index in [0.717, 1.165) is 140 Å². The maximum absolute atomic E-state index is 12.4. The average molecular weight is 1380 g/mol. The van der Waals surface area contributed by atoms with Gasteiger partial charge in [-0.3, -0.25) is 43.6 Å². The number of rotatable bonds is 14. The van der Waals surface area contributed by atoms with E-state index in [-0.39, 0.29) is 147 Å². The van der Waals surface area contributed by atoms with E-state index in [1.165, 1.54) is 9.80 Å². The standard InChI is InChI=1S/C21H21Cl2N3O2.C13H19Cl2N3.C11H10BrNO2.C10H12Cl2N2.CH2O3.ClH.2K.H/c22-17-7-3-8-18(19(17)23)25-13-11-24(12-14-25)9-4-10-26-20(27)15-5-1-2-6-16(15)21(26)28;14-11-3-1-4-12(13(11)15)18-9-7-17(8-10-18)6-2-5-16;12-6-3-7-13-10(14)8-4-1-2-5-9(8)11(13)15;11-8-2-1-3-9(10(8)12)14-6-4-13-5-7-14;2-1-4-3;;;;/h1-3,5-8H,4,9-14H2;1,3-4H,2,5-10,16H2;1-2,4-5H,3,6-7H2;1-3,13H,4-7H2;1,3H;1H;;;/q;;;;;;2*+1;-1/p-1. The van der Waals surface area contributed by atoms with Gasteiger partial charge in [-0.1, -0.05) is 128 Å². The van der Waals surface area contributed by atoms with Crippen LogP contribution in [-0.2, 0) is 9.68 Å². The van der Waals surface area contributed by atoms with E-state index in [1.807, 2.05) is 48.5 Å². The first-order chi connectivity index (χ1) is 38.2. The molecule has 0 spiro atoms. The van der Waals surface area contributed by atoms with Crippen molar-refractivity contribution in [1.29, 1.82) is 0 Å². The minimum absolute atomic E-state index is 0. The van der Waals surface area contributed by atoms with Crippen molar-refractivity contribution in [3.8, 4) is 0 Å². The molecule has 3 fully saturated rings. The molecule has 5 aliphatic rings. The maximum Gasteiger partial charge on any atom is 1.00 e. The third-order valence-electron chi connectivity index (χ3n) is 13.5. The van der Waals surface area contributed by atoms with Crippen LogP contribution in [0.15, 0.2) is 103 Å². The normalized spacial score (nSPS) is 15.5. The van der Waals surface area contributed by atoms with E-state index in [1.54, 1.807) is 54.6 Å². The van der Waals surface area contributed by atoms with E-state index in [0.29, 0.717) is 65.5 Å². The summed E-state index contributed by atoms with van der Waals surface area (Å²) in [5.41, 5.74) is 10.7. The molecule has 0 saturated carbocycles. The number of fused-ring (bicyclic) bond motifs is 2. The molecule has 26 heteroatoms. The van der Waals surface area contributed by atoms with Crippen molar-refractivity contribution in [1.82, 2.24) is 24.9 Å². The minimum Gasteiger partial charge on any atom is -1.00 e. The van der Waals surface area contributed by atoms with Crippen molar-refractivity contribution in [2.24, 2.45) is 5.73 Å². The van der Waals surface area contributed by atoms with E-state index in [9.17, 15) is 19.2 Å². The second-order valence-electron chi connectivity index (χ2n) is 18.5. The van der Waals surface area contributed by atoms with Gasteiger partial charge in [-0.25, -0.2) is 0 Å². The molecule has 5 aromatic rings. The number of halogens is 8. The molecule has 3 N–H and O–H groups in total. The van der Waals surface area contributed by atoms with Crippen molar-refractivity contribution >= 4 is 145 Å². The Hall–Kier alpha value is -1.17. The summed E-state index contributed by atoms with van der Waals surface area (Å²) in [6.07, 6.45) is 2.62. The van der Waals surface area contributed by atoms with Gasteiger partial charge in [0.05, 0.1) is 69.5 Å². The van der Waals surface area contributed by atoms with Crippen LogP contribution in [0.1, 0.15) is 62.1 Å². The fourth-order valence-electron chi connectivity index (χ4n) is 9.41. The van der Waals surface area contributed by atoms with Gasteiger partial charge in [0.25, 0.3) is 30.1 Å². The number of nitrogens with two attached hydrogens (primary N) is 1. The van der Waals surface area contributed by atoms with Crippen molar-refractivity contribution < 1.29 is 138 Å². The van der Waals surface area contributed by atoms with Crippen molar-refractivity contribution in [3.05, 3.63) is 156 Å². The Morgan fingerprint density at radius 3 is 1.13 bits per heavy atom. The molecule has 5 aromatic carbocycles. The topological polar surface area (TPSA) is 178 Å². The first kappa shape index (κ1) is 75.1. The van der Waals surface area contributed by atoms with Gasteiger partial charge >= 0.3 is 103 Å². The van der Waals surface area contributed by atoms with E-state index < -0.39 is 0 Å². The summed E-state index contributed by atoms with van der Waals surface area (Å²) in [7, 11) is 0. The van der Waals surface area contributed by atoms with Gasteiger partial charge in [0, 0.05) is 97.0 Å². The molecule has 0 aliphatic carbocycles. The van der Waals surface area contributed by atoms with Gasteiger partial charge in [-0.05, 0) is 99.6 Å². The fraction of sp³-hybridized carbons (Fsp3) is 0.375. The molecule has 82 heavy (non-hydrogen) atoms. The van der Waals surface area contributed by atoms with Crippen LogP contribution in [0.2, 0.25) is 30.1 Å². The van der Waals surface area contributed by atoms with Gasteiger partial charge in [0.1, 0.15) is 0 Å². The summed E-state index contributed by atoms with van der Waals surface area (Å²) >= 11 is 40.1. The van der Waals surface area contributed by atoms with E-state index >= 15 is 0 Å². The Balaban J connectivity index is 0.000000377. The number of carbonyl (C=O) groups is 5. The van der Waals surface area contributed by atoms with Crippen LogP contribution in [0, 0.1) is 0 Å². The molecular weight excluding hydrogens is 1320 g/mol. The third kappa shape index (κ3) is 21.3. The molecule has 0 bridgehead atoms. The number of imide groups is 2. The Bertz CT molecular complexity index is 2790. The number of nitrogens with one attached hydrogen (secondary N) is 1. The van der Waals surface area contributed by atoms with Crippen LogP contribution in [0.5, 0.6) is 0 Å². The molecular formula is C56H65BrCl7K2N9O7. The zero-order valence-corrected chi connectivity index (χ0v) is 59.0. The number of amides is 4. The minimum atomic E-state index is -0.181. The zero-order chi connectivity index (χ0) is 56.8. The van der Waals surface area contributed by atoms with Crippen molar-refractivity contribution in [2.75, 3.05) is 131 Å². The van der Waals surface area contributed by atoms with Crippen LogP contribution < -0.4 is 134 Å². The molecule has 16 nitrogen and oxygen atoms in total. The second kappa shape index (κ2) is 39.7. The third-order valence-corrected chi connectivity index (χ3v) is 16.5. The first-order valence-electron chi connectivity index (χ1n) is 25.9. The number of carbonyl (C=O) groups excluding carboxylic acids is 5. The Labute approximate surface area is 611 Å². The summed E-state index contributed by atoms with van der Waals surface area (Å²) in [6, 6.07) is 31.2. The molecule has 10 rings (SSSR count). The predicted molar refractivity (Wildman–Crippen MR) is 328 cm³/mol. The van der Waals surface area contributed by atoms with Crippen LogP contribution >= 0.6 is 97.9 Å². The first-order valence-corrected chi connectivity index (χ1v) is 29.2. The second-order valence-corrected chi connectivity index (χ2v) is 21.6. The molecule has 0 aromatic heterocycles. The molecule has 5 heterocycles. The maximum atomic E-state index is 12.4. The molecule has 0 radical (unpaired) electrons. The Morgan fingerprint density at radius 1 is 0.500 bits per heavy atom. The quantitative estimate of drug-likeness (QED) is 0.0411. The van der Waals surface area contributed by atoms with Gasteiger partial charge in [-0.2, -0.15) is 0 Å². The average Bonchev–Trinajstić information content (AvgIpc) is 4.09. The SMILES string of the molecule is Cl.Clc1cccc(N2CCNCC2)c1Cl.NCCCN1CCN(c2cccc(Cl)c2Cl)CC1.O=C1c2ccccc2C(=O)N1CCCBr.O=C1c2ccccc2C(=O)N1CCCN1CCN(c2cccc(Cl)c2Cl)CC1.O=CO[O-].[H-].[K+].[K+]. The molecule has 3 saturated heterocycles. The summed E-state index contributed by atoms with van der Waals surface area (Å²) < 4.78 is 0. The fourth-order valence-corrected chi connectivity index (χ4v) is 10.9. The van der Waals surface area contributed by atoms with Gasteiger partial charge in [-0.15, -0.1) is 12.4 Å². The van der Waals surface area contributed by atoms with Crippen LogP contribution in [0.25, 0.3) is 0 Å². The van der Waals surface area contributed by atoms with Gasteiger partial charge in [0.2, 0.25) is 0 Å². The number of alkyl halides is 1. The molecule has 4 amide bonds. The number of nitrogens with zero attached hydrogens (tertiary/aromatic N) is 7. The number of hydrogen-bond acceptors (Lipinski definition) is 14. The molecule has 0 unspecified atom stereocenters. The number of piperazine rings is 3. The van der Waals surface area contributed by atoms with Gasteiger partial charge in [0.15, 0.2) is 0 Å². The molecule has 5 aliphatic heterocycles. The van der Waals surface area contributed by atoms with Crippen molar-refractivity contribution in [3.63, 3.8) is 0 Å². The predicted octanol–water partition coefficient (Wildman–Crippen LogP) is 3.71.